The first-order valence-electron chi connectivity index (χ1n) is 4.73. The van der Waals surface area contributed by atoms with E-state index in [2.05, 4.69) is 6.92 Å². The van der Waals surface area contributed by atoms with Crippen molar-refractivity contribution in [3.63, 3.8) is 0 Å². The molecule has 0 bridgehead atoms. The van der Waals surface area contributed by atoms with Crippen molar-refractivity contribution in [1.82, 2.24) is 0 Å². The summed E-state index contributed by atoms with van der Waals surface area (Å²) in [5.74, 6) is 0. The lowest BCUT2D eigenvalue weighted by molar-refractivity contribution is 0.950. The highest BCUT2D eigenvalue weighted by atomic mass is 14.5. The maximum Gasteiger partial charge on any atom is 0.0273 e. The molecule has 0 saturated heterocycles. The quantitative estimate of drug-likeness (QED) is 0.640. The van der Waals surface area contributed by atoms with Crippen LogP contribution in [-0.4, -0.2) is 0 Å². The molecule has 0 fully saturated rings. The molecule has 0 aliphatic rings. The van der Waals surface area contributed by atoms with Crippen LogP contribution < -0.4 is 5.73 Å². The molecule has 0 radical (unpaired) electrons. The van der Waals surface area contributed by atoms with E-state index >= 15 is 0 Å². The summed E-state index contributed by atoms with van der Waals surface area (Å²) in [6, 6.07) is 0. The number of hydrogen-bond donors (Lipinski definition) is 1. The van der Waals surface area contributed by atoms with Crippen LogP contribution in [0.5, 0.6) is 0 Å². The van der Waals surface area contributed by atoms with Gasteiger partial charge in [0.25, 0.3) is 0 Å². The predicted molar refractivity (Wildman–Crippen MR) is 60.3 cm³/mol. The average Bonchev–Trinajstić information content (AvgIpc) is 2.14. The minimum absolute atomic E-state index is 0.840. The Kier molecular flexibility index (Phi) is 8.01. The molecule has 0 amide bonds. The van der Waals surface area contributed by atoms with E-state index in [1.54, 1.807) is 0 Å². The van der Waals surface area contributed by atoms with Gasteiger partial charge in [-0.05, 0) is 19.4 Å². The van der Waals surface area contributed by atoms with Crippen molar-refractivity contribution in [1.29, 1.82) is 0 Å². The third-order valence-electron chi connectivity index (χ3n) is 1.48. The van der Waals surface area contributed by atoms with Gasteiger partial charge in [0.05, 0.1) is 0 Å². The van der Waals surface area contributed by atoms with E-state index in [0.717, 1.165) is 18.5 Å². The molecule has 13 heavy (non-hydrogen) atoms. The fourth-order valence-electron chi connectivity index (χ4n) is 0.785. The lowest BCUT2D eigenvalue weighted by Crippen LogP contribution is -1.91. The molecule has 0 aliphatic heterocycles. The summed E-state index contributed by atoms with van der Waals surface area (Å²) in [6.07, 6.45) is 16.0. The van der Waals surface area contributed by atoms with E-state index in [-0.39, 0.29) is 0 Å². The summed E-state index contributed by atoms with van der Waals surface area (Å²) in [7, 11) is 0. The fraction of sp³-hybridized carbons (Fsp3) is 0.333. The van der Waals surface area contributed by atoms with Crippen LogP contribution in [-0.2, 0) is 0 Å². The number of nitrogens with two attached hydrogens (primary N) is 1. The second-order valence-corrected chi connectivity index (χ2v) is 2.76. The first kappa shape index (κ1) is 11.8. The van der Waals surface area contributed by atoms with E-state index in [1.165, 1.54) is 0 Å². The molecule has 0 atom stereocenters. The maximum atomic E-state index is 5.70. The topological polar surface area (TPSA) is 26.0 Å². The second-order valence-electron chi connectivity index (χ2n) is 2.76. The van der Waals surface area contributed by atoms with E-state index < -0.39 is 0 Å². The summed E-state index contributed by atoms with van der Waals surface area (Å²) in [5, 5.41) is 0. The van der Waals surface area contributed by atoms with Gasteiger partial charge in [0.2, 0.25) is 0 Å². The van der Waals surface area contributed by atoms with Gasteiger partial charge in [-0.3, -0.25) is 0 Å². The summed E-state index contributed by atoms with van der Waals surface area (Å²) in [4.78, 5) is 0. The largest absolute Gasteiger partial charge is 0.399 e. The first-order chi connectivity index (χ1) is 6.31. The summed E-state index contributed by atoms with van der Waals surface area (Å²) < 4.78 is 0. The summed E-state index contributed by atoms with van der Waals surface area (Å²) >= 11 is 0. The van der Waals surface area contributed by atoms with E-state index in [0.29, 0.717) is 0 Å². The Hall–Kier alpha value is -1.24. The molecule has 0 rings (SSSR count). The van der Waals surface area contributed by atoms with Crippen molar-refractivity contribution in [3.8, 4) is 0 Å². The van der Waals surface area contributed by atoms with Gasteiger partial charge in [-0.1, -0.05) is 49.8 Å². The molecule has 0 unspecified atom stereocenters. The van der Waals surface area contributed by atoms with Crippen LogP contribution >= 0.6 is 0 Å². The van der Waals surface area contributed by atoms with Crippen LogP contribution in [0.2, 0.25) is 0 Å². The average molecular weight is 177 g/mol. The zero-order chi connectivity index (χ0) is 9.94. The van der Waals surface area contributed by atoms with Gasteiger partial charge < -0.3 is 5.73 Å². The van der Waals surface area contributed by atoms with Crippen molar-refractivity contribution in [2.24, 2.45) is 5.73 Å². The van der Waals surface area contributed by atoms with Crippen LogP contribution in [0.3, 0.4) is 0 Å². The van der Waals surface area contributed by atoms with E-state index in [9.17, 15) is 0 Å². The van der Waals surface area contributed by atoms with E-state index in [1.807, 2.05) is 49.5 Å². The molecule has 0 aromatic rings. The van der Waals surface area contributed by atoms with Crippen LogP contribution in [0.4, 0.5) is 0 Å². The molecule has 0 aliphatic carbocycles. The zero-order valence-electron chi connectivity index (χ0n) is 8.53. The zero-order valence-corrected chi connectivity index (χ0v) is 8.53. The summed E-state index contributed by atoms with van der Waals surface area (Å²) in [5.41, 5.74) is 6.54. The van der Waals surface area contributed by atoms with Crippen LogP contribution in [0.1, 0.15) is 26.7 Å². The Labute approximate surface area is 81.3 Å². The van der Waals surface area contributed by atoms with Crippen molar-refractivity contribution >= 4 is 0 Å². The van der Waals surface area contributed by atoms with E-state index in [4.69, 9.17) is 5.73 Å². The van der Waals surface area contributed by atoms with Gasteiger partial charge in [0.1, 0.15) is 0 Å². The van der Waals surface area contributed by atoms with Crippen LogP contribution in [0, 0.1) is 0 Å². The highest BCUT2D eigenvalue weighted by Gasteiger charge is 1.79. The van der Waals surface area contributed by atoms with Gasteiger partial charge in [0.15, 0.2) is 0 Å². The van der Waals surface area contributed by atoms with Gasteiger partial charge in [-0.15, -0.1) is 0 Å². The minimum Gasteiger partial charge on any atom is -0.399 e. The van der Waals surface area contributed by atoms with Crippen molar-refractivity contribution in [2.45, 2.75) is 26.7 Å². The smallest absolute Gasteiger partial charge is 0.0273 e. The molecular weight excluding hydrogens is 158 g/mol. The standard InChI is InChI=1S/C12H19N/c1-3-5-7-8-9-11-12(13)10-6-4-2/h3,5,7-11H,4,6,13H2,1-2H3. The van der Waals surface area contributed by atoms with Crippen molar-refractivity contribution in [3.05, 3.63) is 48.2 Å². The van der Waals surface area contributed by atoms with Gasteiger partial charge in [-0.25, -0.2) is 0 Å². The highest BCUT2D eigenvalue weighted by molar-refractivity contribution is 5.20. The molecule has 0 heterocycles. The molecule has 72 valence electrons. The Morgan fingerprint density at radius 2 is 1.85 bits per heavy atom. The normalized spacial score (nSPS) is 13.8. The van der Waals surface area contributed by atoms with Gasteiger partial charge in [-0.2, -0.15) is 0 Å². The monoisotopic (exact) mass is 177 g/mol. The third kappa shape index (κ3) is 8.67. The number of rotatable bonds is 5. The third-order valence-corrected chi connectivity index (χ3v) is 1.48. The number of hydrogen-bond acceptors (Lipinski definition) is 1. The molecule has 0 aromatic carbocycles. The molecule has 0 saturated carbocycles. The SMILES string of the molecule is CC=CC=CC=CC(N)=CCCC. The Bertz CT molecular complexity index is 219. The Morgan fingerprint density at radius 3 is 2.46 bits per heavy atom. The lowest BCUT2D eigenvalue weighted by Gasteiger charge is -1.89. The Morgan fingerprint density at radius 1 is 1.15 bits per heavy atom. The second kappa shape index (κ2) is 8.85. The maximum absolute atomic E-state index is 5.70. The molecular formula is C12H19N. The molecule has 0 aromatic heterocycles. The molecule has 1 nitrogen and oxygen atoms in total. The van der Waals surface area contributed by atoms with Crippen molar-refractivity contribution in [2.75, 3.05) is 0 Å². The van der Waals surface area contributed by atoms with Crippen LogP contribution in [0.15, 0.2) is 48.2 Å². The molecule has 1 heteroatoms. The Balaban J connectivity index is 3.83. The molecule has 0 spiro atoms. The van der Waals surface area contributed by atoms with Crippen LogP contribution in [0.25, 0.3) is 0 Å². The molecule has 2 N–H and O–H groups in total. The van der Waals surface area contributed by atoms with Gasteiger partial charge in [0, 0.05) is 5.70 Å². The number of allylic oxidation sites excluding steroid dienone is 7. The lowest BCUT2D eigenvalue weighted by atomic mass is 10.2. The minimum atomic E-state index is 0.840. The predicted octanol–water partition coefficient (Wildman–Crippen LogP) is 3.32. The van der Waals surface area contributed by atoms with Gasteiger partial charge >= 0.3 is 0 Å². The van der Waals surface area contributed by atoms with Crippen molar-refractivity contribution < 1.29 is 0 Å². The number of unbranched alkanes of at least 4 members (excludes halogenated alkanes) is 1. The summed E-state index contributed by atoms with van der Waals surface area (Å²) in [6.45, 7) is 4.13. The first-order valence-corrected chi connectivity index (χ1v) is 4.73. The fourth-order valence-corrected chi connectivity index (χ4v) is 0.785. The highest BCUT2D eigenvalue weighted by Crippen LogP contribution is 1.94.